The van der Waals surface area contributed by atoms with Gasteiger partial charge in [0.1, 0.15) is 11.6 Å². The minimum atomic E-state index is -0.530. The average Bonchev–Trinajstić information content (AvgIpc) is 2.81. The van der Waals surface area contributed by atoms with Crippen LogP contribution in [0.2, 0.25) is 0 Å². The van der Waals surface area contributed by atoms with Crippen LogP contribution in [0.5, 0.6) is 0 Å². The highest BCUT2D eigenvalue weighted by Crippen LogP contribution is 2.34. The lowest BCUT2D eigenvalue weighted by Crippen LogP contribution is -2.17. The number of hydrogen-bond donors (Lipinski definition) is 0. The maximum absolute atomic E-state index is 13.9. The van der Waals surface area contributed by atoms with E-state index in [1.54, 1.807) is 12.1 Å². The lowest BCUT2D eigenvalue weighted by atomic mass is 9.98. The predicted molar refractivity (Wildman–Crippen MR) is 82.2 cm³/mol. The molecule has 0 saturated carbocycles. The molecule has 2 aromatic rings. The summed E-state index contributed by atoms with van der Waals surface area (Å²) in [6.45, 7) is 0. The third-order valence-corrected chi connectivity index (χ3v) is 4.10. The number of halogens is 3. The zero-order chi connectivity index (χ0) is 15.0. The van der Waals surface area contributed by atoms with Gasteiger partial charge in [-0.15, -0.1) is 0 Å². The van der Waals surface area contributed by atoms with Gasteiger partial charge in [0.25, 0.3) is 0 Å². The summed E-state index contributed by atoms with van der Waals surface area (Å²) in [5, 5.41) is 6.06. The van der Waals surface area contributed by atoms with E-state index in [1.165, 1.54) is 18.2 Å². The van der Waals surface area contributed by atoms with Crippen molar-refractivity contribution in [2.45, 2.75) is 12.5 Å². The molecule has 21 heavy (non-hydrogen) atoms. The van der Waals surface area contributed by atoms with Crippen molar-refractivity contribution in [2.24, 2.45) is 5.10 Å². The highest BCUT2D eigenvalue weighted by molar-refractivity contribution is 9.10. The molecule has 3 rings (SSSR count). The molecule has 1 aliphatic rings. The van der Waals surface area contributed by atoms with E-state index in [1.807, 2.05) is 24.3 Å². The fourth-order valence-corrected chi connectivity index (χ4v) is 2.98. The maximum Gasteiger partial charge on any atom is 0.131 e. The molecule has 0 amide bonds. The fourth-order valence-electron chi connectivity index (χ4n) is 2.58. The Morgan fingerprint density at radius 1 is 1.14 bits per heavy atom. The van der Waals surface area contributed by atoms with Crippen LogP contribution in [0.1, 0.15) is 23.6 Å². The van der Waals surface area contributed by atoms with E-state index >= 15 is 0 Å². The number of nitrogens with zero attached hydrogens (tertiary/aromatic N) is 2. The average molecular weight is 351 g/mol. The van der Waals surface area contributed by atoms with Crippen molar-refractivity contribution in [3.05, 3.63) is 69.7 Å². The van der Waals surface area contributed by atoms with Crippen molar-refractivity contribution in [2.75, 3.05) is 7.05 Å². The minimum absolute atomic E-state index is 0.0775. The van der Waals surface area contributed by atoms with Crippen molar-refractivity contribution < 1.29 is 8.78 Å². The van der Waals surface area contributed by atoms with Crippen molar-refractivity contribution in [3.8, 4) is 0 Å². The highest BCUT2D eigenvalue weighted by Gasteiger charge is 2.30. The van der Waals surface area contributed by atoms with Gasteiger partial charge in [-0.3, -0.25) is 5.01 Å². The van der Waals surface area contributed by atoms with Crippen LogP contribution in [0.15, 0.2) is 52.0 Å². The number of hydrogen-bond acceptors (Lipinski definition) is 2. The second kappa shape index (κ2) is 5.56. The first-order chi connectivity index (χ1) is 10.1. The van der Waals surface area contributed by atoms with E-state index < -0.39 is 17.7 Å². The van der Waals surface area contributed by atoms with Crippen LogP contribution in [0.4, 0.5) is 8.78 Å². The predicted octanol–water partition coefficient (Wildman–Crippen LogP) is 4.51. The standard InChI is InChI=1S/C16H13BrF2N2/c1-21-15(16-12(18)6-3-7-13(16)19)9-14(20-21)10-4-2-5-11(17)8-10/h2-8,15H,9H2,1H3. The quantitative estimate of drug-likeness (QED) is 0.778. The van der Waals surface area contributed by atoms with E-state index in [4.69, 9.17) is 0 Å². The molecule has 1 unspecified atom stereocenters. The molecular weight excluding hydrogens is 338 g/mol. The molecule has 0 aliphatic carbocycles. The summed E-state index contributed by atoms with van der Waals surface area (Å²) in [5.74, 6) is -1.06. The van der Waals surface area contributed by atoms with Crippen LogP contribution in [0.25, 0.3) is 0 Å². The Bertz CT molecular complexity index is 695. The molecule has 0 spiro atoms. The van der Waals surface area contributed by atoms with Gasteiger partial charge in [0.2, 0.25) is 0 Å². The third kappa shape index (κ3) is 2.70. The summed E-state index contributed by atoms with van der Waals surface area (Å²) in [4.78, 5) is 0. The lowest BCUT2D eigenvalue weighted by Gasteiger charge is -2.20. The lowest BCUT2D eigenvalue weighted by molar-refractivity contribution is 0.276. The topological polar surface area (TPSA) is 15.6 Å². The molecule has 0 N–H and O–H groups in total. The molecule has 1 aliphatic heterocycles. The van der Waals surface area contributed by atoms with Crippen molar-refractivity contribution in [3.63, 3.8) is 0 Å². The first-order valence-electron chi connectivity index (χ1n) is 6.56. The molecule has 1 heterocycles. The van der Waals surface area contributed by atoms with Crippen LogP contribution >= 0.6 is 15.9 Å². The highest BCUT2D eigenvalue weighted by atomic mass is 79.9. The van der Waals surface area contributed by atoms with Gasteiger partial charge in [-0.25, -0.2) is 8.78 Å². The molecule has 108 valence electrons. The molecule has 1 atom stereocenters. The molecule has 2 nitrogen and oxygen atoms in total. The van der Waals surface area contributed by atoms with Gasteiger partial charge in [-0.05, 0) is 29.8 Å². The van der Waals surface area contributed by atoms with Gasteiger partial charge in [-0.1, -0.05) is 34.1 Å². The Balaban J connectivity index is 1.93. The van der Waals surface area contributed by atoms with E-state index in [9.17, 15) is 8.78 Å². The van der Waals surface area contributed by atoms with Crippen molar-refractivity contribution >= 4 is 21.6 Å². The summed E-state index contributed by atoms with van der Waals surface area (Å²) < 4.78 is 28.8. The maximum atomic E-state index is 13.9. The number of rotatable bonds is 2. The Kier molecular flexibility index (Phi) is 3.76. The summed E-state index contributed by atoms with van der Waals surface area (Å²) >= 11 is 3.42. The van der Waals surface area contributed by atoms with Gasteiger partial charge in [0.15, 0.2) is 0 Å². The van der Waals surface area contributed by atoms with Gasteiger partial charge >= 0.3 is 0 Å². The second-order valence-corrected chi connectivity index (χ2v) is 5.90. The summed E-state index contributed by atoms with van der Waals surface area (Å²) in [6, 6.07) is 11.3. The second-order valence-electron chi connectivity index (χ2n) is 4.99. The zero-order valence-electron chi connectivity index (χ0n) is 11.4. The van der Waals surface area contributed by atoms with Crippen LogP contribution in [0.3, 0.4) is 0 Å². The molecule has 0 aromatic heterocycles. The van der Waals surface area contributed by atoms with Crippen LogP contribution < -0.4 is 0 Å². The van der Waals surface area contributed by atoms with Gasteiger partial charge in [-0.2, -0.15) is 5.10 Å². The Labute approximate surface area is 130 Å². The van der Waals surface area contributed by atoms with E-state index in [2.05, 4.69) is 21.0 Å². The number of benzene rings is 2. The van der Waals surface area contributed by atoms with E-state index in [0.717, 1.165) is 15.7 Å². The molecule has 5 heteroatoms. The smallest absolute Gasteiger partial charge is 0.131 e. The minimum Gasteiger partial charge on any atom is -0.292 e. The molecule has 0 bridgehead atoms. The van der Waals surface area contributed by atoms with Crippen LogP contribution in [-0.4, -0.2) is 17.8 Å². The molecule has 0 saturated heterocycles. The van der Waals surface area contributed by atoms with Gasteiger partial charge in [0, 0.05) is 23.5 Å². The van der Waals surface area contributed by atoms with Crippen molar-refractivity contribution in [1.29, 1.82) is 0 Å². The van der Waals surface area contributed by atoms with Gasteiger partial charge < -0.3 is 0 Å². The monoisotopic (exact) mass is 350 g/mol. The first kappa shape index (κ1) is 14.2. The zero-order valence-corrected chi connectivity index (χ0v) is 12.9. The number of hydrazone groups is 1. The van der Waals surface area contributed by atoms with Gasteiger partial charge in [0.05, 0.1) is 11.8 Å². The molecule has 0 radical (unpaired) electrons. The Morgan fingerprint density at radius 3 is 2.48 bits per heavy atom. The summed E-state index contributed by atoms with van der Waals surface area (Å²) in [7, 11) is 1.74. The Hall–Kier alpha value is -1.75. The molecular formula is C16H13BrF2N2. The van der Waals surface area contributed by atoms with Crippen LogP contribution in [-0.2, 0) is 0 Å². The molecule has 2 aromatic carbocycles. The van der Waals surface area contributed by atoms with E-state index in [-0.39, 0.29) is 5.56 Å². The first-order valence-corrected chi connectivity index (χ1v) is 7.35. The summed E-state index contributed by atoms with van der Waals surface area (Å²) in [6.07, 6.45) is 0.477. The summed E-state index contributed by atoms with van der Waals surface area (Å²) in [5.41, 5.74) is 1.86. The molecule has 0 fully saturated rings. The van der Waals surface area contributed by atoms with E-state index in [0.29, 0.717) is 6.42 Å². The van der Waals surface area contributed by atoms with Crippen LogP contribution in [0, 0.1) is 11.6 Å². The van der Waals surface area contributed by atoms with Crippen molar-refractivity contribution in [1.82, 2.24) is 5.01 Å². The Morgan fingerprint density at radius 2 is 1.81 bits per heavy atom. The third-order valence-electron chi connectivity index (χ3n) is 3.61. The largest absolute Gasteiger partial charge is 0.292 e. The fraction of sp³-hybridized carbons (Fsp3) is 0.188. The normalized spacial score (nSPS) is 18.0. The SMILES string of the molecule is CN1N=C(c2cccc(Br)c2)CC1c1c(F)cccc1F.